The van der Waals surface area contributed by atoms with Crippen LogP contribution in [0.2, 0.25) is 0 Å². The maximum atomic E-state index is 13.9. The molecule has 2 unspecified atom stereocenters. The van der Waals surface area contributed by atoms with Gasteiger partial charge in [-0.3, -0.25) is 0 Å². The second-order valence-corrected chi connectivity index (χ2v) is 7.92. The van der Waals surface area contributed by atoms with Crippen LogP contribution in [0.15, 0.2) is 16.6 Å². The van der Waals surface area contributed by atoms with Crippen LogP contribution >= 0.6 is 39.3 Å². The van der Waals surface area contributed by atoms with Crippen molar-refractivity contribution in [1.82, 2.24) is 9.55 Å². The average molecular weight is 392 g/mol. The van der Waals surface area contributed by atoms with Crippen LogP contribution in [-0.4, -0.2) is 20.6 Å². The van der Waals surface area contributed by atoms with Gasteiger partial charge in [0.15, 0.2) is 0 Å². The zero-order valence-corrected chi connectivity index (χ0v) is 14.9. The minimum absolute atomic E-state index is 0.248. The molecule has 3 rings (SSSR count). The van der Waals surface area contributed by atoms with Crippen LogP contribution in [0.25, 0.3) is 11.0 Å². The van der Waals surface area contributed by atoms with Crippen LogP contribution in [-0.2, 0) is 5.88 Å². The molecular weight excluding hydrogens is 375 g/mol. The smallest absolute Gasteiger partial charge is 0.139 e. The lowest BCUT2D eigenvalue weighted by atomic mass is 10.2. The summed E-state index contributed by atoms with van der Waals surface area (Å²) in [5, 5.41) is 0.570. The number of alkyl halides is 1. The van der Waals surface area contributed by atoms with Crippen LogP contribution in [0, 0.1) is 5.82 Å². The zero-order chi connectivity index (χ0) is 15.0. The van der Waals surface area contributed by atoms with Crippen LogP contribution in [0.4, 0.5) is 4.39 Å². The van der Waals surface area contributed by atoms with E-state index in [4.69, 9.17) is 11.6 Å². The van der Waals surface area contributed by atoms with Crippen molar-refractivity contribution in [3.8, 4) is 0 Å². The molecule has 0 amide bonds. The van der Waals surface area contributed by atoms with Gasteiger partial charge in [-0.2, -0.15) is 11.8 Å². The summed E-state index contributed by atoms with van der Waals surface area (Å²) in [6.07, 6.45) is 3.54. The molecule has 0 aliphatic heterocycles. The Labute approximate surface area is 141 Å². The fourth-order valence-corrected chi connectivity index (χ4v) is 4.98. The van der Waals surface area contributed by atoms with E-state index in [1.807, 2.05) is 11.8 Å². The fourth-order valence-electron chi connectivity index (χ4n) is 3.21. The molecule has 114 valence electrons. The maximum Gasteiger partial charge on any atom is 0.139 e. The summed E-state index contributed by atoms with van der Waals surface area (Å²) in [6, 6.07) is 3.69. The number of thioether (sulfide) groups is 1. The number of hydrogen-bond donors (Lipinski definition) is 0. The van der Waals surface area contributed by atoms with Crippen molar-refractivity contribution in [3.63, 3.8) is 0 Å². The van der Waals surface area contributed by atoms with Gasteiger partial charge in [0.1, 0.15) is 11.6 Å². The monoisotopic (exact) mass is 390 g/mol. The van der Waals surface area contributed by atoms with E-state index in [1.165, 1.54) is 12.8 Å². The van der Waals surface area contributed by atoms with Crippen molar-refractivity contribution < 1.29 is 4.39 Å². The molecule has 2 aromatic rings. The van der Waals surface area contributed by atoms with Gasteiger partial charge in [0.05, 0.1) is 21.4 Å². The Balaban J connectivity index is 2.13. The number of nitrogens with zero attached hydrogens (tertiary/aromatic N) is 2. The third-order valence-corrected chi connectivity index (χ3v) is 6.21. The van der Waals surface area contributed by atoms with Gasteiger partial charge in [0, 0.05) is 17.4 Å². The Morgan fingerprint density at radius 1 is 1.48 bits per heavy atom. The maximum absolute atomic E-state index is 13.9. The lowest BCUT2D eigenvalue weighted by Crippen LogP contribution is -2.18. The van der Waals surface area contributed by atoms with Gasteiger partial charge in [-0.05, 0) is 40.6 Å². The molecule has 2 atom stereocenters. The number of rotatable bonds is 4. The molecule has 0 bridgehead atoms. The molecule has 0 N–H and O–H groups in total. The molecular formula is C15H17BrClFN2S. The lowest BCUT2D eigenvalue weighted by Gasteiger charge is -2.23. The van der Waals surface area contributed by atoms with E-state index in [0.717, 1.165) is 29.0 Å². The number of benzene rings is 1. The number of imidazole rings is 1. The Kier molecular flexibility index (Phi) is 4.81. The first-order valence-electron chi connectivity index (χ1n) is 7.19. The van der Waals surface area contributed by atoms with Gasteiger partial charge >= 0.3 is 0 Å². The summed E-state index contributed by atoms with van der Waals surface area (Å²) >= 11 is 11.3. The zero-order valence-electron chi connectivity index (χ0n) is 11.8. The predicted octanol–water partition coefficient (Wildman–Crippen LogP) is 5.52. The Hall–Kier alpha value is -0.260. The average Bonchev–Trinajstić information content (AvgIpc) is 3.04. The van der Waals surface area contributed by atoms with Crippen molar-refractivity contribution >= 4 is 50.3 Å². The van der Waals surface area contributed by atoms with Gasteiger partial charge in [-0.1, -0.05) is 13.3 Å². The topological polar surface area (TPSA) is 17.8 Å². The second-order valence-electron chi connectivity index (χ2n) is 5.28. The molecule has 2 nitrogen and oxygen atoms in total. The van der Waals surface area contributed by atoms with Crippen molar-refractivity contribution in [2.45, 2.75) is 43.4 Å². The Bertz CT molecular complexity index is 661. The molecule has 1 aromatic heterocycles. The number of halogens is 3. The second kappa shape index (κ2) is 6.47. The fraction of sp³-hybridized carbons (Fsp3) is 0.533. The standard InChI is InChI=1S/C15H17BrClFN2S/c1-2-21-14-5-3-4-12(14)20-13-7-10(18)9(16)6-11(13)19-15(20)8-17/h6-7,12,14H,2-5,8H2,1H3. The number of hydrogen-bond acceptors (Lipinski definition) is 2. The van der Waals surface area contributed by atoms with E-state index in [-0.39, 0.29) is 5.82 Å². The molecule has 1 saturated carbocycles. The summed E-state index contributed by atoms with van der Waals surface area (Å²) in [5.41, 5.74) is 1.67. The van der Waals surface area contributed by atoms with Gasteiger partial charge < -0.3 is 4.57 Å². The molecule has 0 spiro atoms. The van der Waals surface area contributed by atoms with E-state index < -0.39 is 0 Å². The van der Waals surface area contributed by atoms with Crippen molar-refractivity contribution in [1.29, 1.82) is 0 Å². The highest BCUT2D eigenvalue weighted by molar-refractivity contribution is 9.10. The van der Waals surface area contributed by atoms with E-state index in [9.17, 15) is 4.39 Å². The quantitative estimate of drug-likeness (QED) is 0.638. The summed E-state index contributed by atoms with van der Waals surface area (Å²) in [4.78, 5) is 4.60. The van der Waals surface area contributed by atoms with Gasteiger partial charge in [0.2, 0.25) is 0 Å². The highest BCUT2D eigenvalue weighted by Gasteiger charge is 2.31. The van der Waals surface area contributed by atoms with Crippen molar-refractivity contribution in [2.75, 3.05) is 5.75 Å². The number of aromatic nitrogens is 2. The first-order valence-corrected chi connectivity index (χ1v) is 9.56. The van der Waals surface area contributed by atoms with E-state index in [2.05, 4.69) is 32.4 Å². The summed E-state index contributed by atoms with van der Waals surface area (Å²) in [7, 11) is 0. The van der Waals surface area contributed by atoms with E-state index >= 15 is 0 Å². The molecule has 1 aromatic carbocycles. The largest absolute Gasteiger partial charge is 0.323 e. The normalized spacial score (nSPS) is 22.3. The van der Waals surface area contributed by atoms with Crippen LogP contribution in [0.1, 0.15) is 38.1 Å². The predicted molar refractivity (Wildman–Crippen MR) is 91.8 cm³/mol. The highest BCUT2D eigenvalue weighted by Crippen LogP contribution is 2.41. The minimum Gasteiger partial charge on any atom is -0.323 e. The highest BCUT2D eigenvalue weighted by atomic mass is 79.9. The number of fused-ring (bicyclic) bond motifs is 1. The van der Waals surface area contributed by atoms with Gasteiger partial charge in [-0.25, -0.2) is 9.37 Å². The first kappa shape index (κ1) is 15.6. The summed E-state index contributed by atoms with van der Waals surface area (Å²) in [5.74, 6) is 2.05. The lowest BCUT2D eigenvalue weighted by molar-refractivity contribution is 0.526. The molecule has 0 saturated heterocycles. The molecule has 6 heteroatoms. The molecule has 21 heavy (non-hydrogen) atoms. The molecule has 1 fully saturated rings. The SMILES string of the molecule is CCSC1CCCC1n1c(CCl)nc2cc(Br)c(F)cc21. The summed E-state index contributed by atoms with van der Waals surface area (Å²) in [6.45, 7) is 2.19. The van der Waals surface area contributed by atoms with Gasteiger partial charge in [0.25, 0.3) is 0 Å². The first-order chi connectivity index (χ1) is 10.2. The Morgan fingerprint density at radius 2 is 2.29 bits per heavy atom. The molecule has 1 heterocycles. The van der Waals surface area contributed by atoms with Gasteiger partial charge in [-0.15, -0.1) is 11.6 Å². The summed E-state index contributed by atoms with van der Waals surface area (Å²) < 4.78 is 16.6. The van der Waals surface area contributed by atoms with E-state index in [1.54, 1.807) is 12.1 Å². The molecule has 1 aliphatic rings. The van der Waals surface area contributed by atoms with Crippen molar-refractivity contribution in [3.05, 3.63) is 28.2 Å². The van der Waals surface area contributed by atoms with E-state index in [0.29, 0.717) is 21.6 Å². The molecule has 1 aliphatic carbocycles. The Morgan fingerprint density at radius 3 is 3.00 bits per heavy atom. The minimum atomic E-state index is -0.248. The molecule has 0 radical (unpaired) electrons. The van der Waals surface area contributed by atoms with Crippen molar-refractivity contribution in [2.24, 2.45) is 0 Å². The van der Waals surface area contributed by atoms with Crippen LogP contribution in [0.5, 0.6) is 0 Å². The third kappa shape index (κ3) is 2.84. The van der Waals surface area contributed by atoms with Crippen LogP contribution in [0.3, 0.4) is 0 Å². The van der Waals surface area contributed by atoms with Crippen LogP contribution < -0.4 is 0 Å². The third-order valence-electron chi connectivity index (χ3n) is 4.05.